The molecule has 3 rings (SSSR count). The van der Waals surface area contributed by atoms with Crippen LogP contribution in [0.5, 0.6) is 0 Å². The summed E-state index contributed by atoms with van der Waals surface area (Å²) in [5, 5.41) is 0. The molecule has 0 spiro atoms. The molecule has 3 aliphatic rings. The number of fused-ring (bicyclic) bond motifs is 1. The van der Waals surface area contributed by atoms with Crippen LogP contribution >= 0.6 is 0 Å². The highest BCUT2D eigenvalue weighted by Gasteiger charge is 2.41. The highest BCUT2D eigenvalue weighted by molar-refractivity contribution is 4.95. The van der Waals surface area contributed by atoms with Crippen molar-refractivity contribution in [2.45, 2.75) is 25.8 Å². The first-order valence-corrected chi connectivity index (χ1v) is 7.41. The molecule has 3 fully saturated rings. The Morgan fingerprint density at radius 2 is 1.53 bits per heavy atom. The molecule has 0 aromatic rings. The van der Waals surface area contributed by atoms with Crippen LogP contribution in [0.25, 0.3) is 0 Å². The normalized spacial score (nSPS) is 37.8. The minimum Gasteiger partial charge on any atom is -0.306 e. The van der Waals surface area contributed by atoms with Gasteiger partial charge in [0.05, 0.1) is 0 Å². The van der Waals surface area contributed by atoms with Gasteiger partial charge >= 0.3 is 0 Å². The van der Waals surface area contributed by atoms with Crippen LogP contribution in [-0.4, -0.2) is 73.6 Å². The number of hydrogen-bond donors (Lipinski definition) is 0. The first-order chi connectivity index (χ1) is 8.26. The van der Waals surface area contributed by atoms with E-state index >= 15 is 0 Å². The van der Waals surface area contributed by atoms with Crippen molar-refractivity contribution in [1.29, 1.82) is 0 Å². The van der Waals surface area contributed by atoms with Gasteiger partial charge in [-0.05, 0) is 51.4 Å². The second-order valence-electron chi connectivity index (χ2n) is 6.36. The SMILES string of the molecule is CCN1CCC(N2CC3CN(C)CC3C2)CC1. The molecule has 3 aliphatic heterocycles. The Morgan fingerprint density at radius 1 is 0.941 bits per heavy atom. The Labute approximate surface area is 106 Å². The molecular formula is C14H27N3. The summed E-state index contributed by atoms with van der Waals surface area (Å²) >= 11 is 0. The van der Waals surface area contributed by atoms with E-state index in [1.165, 1.54) is 58.7 Å². The fraction of sp³-hybridized carbons (Fsp3) is 1.00. The average molecular weight is 237 g/mol. The summed E-state index contributed by atoms with van der Waals surface area (Å²) in [5.41, 5.74) is 0. The summed E-state index contributed by atoms with van der Waals surface area (Å²) < 4.78 is 0. The van der Waals surface area contributed by atoms with E-state index < -0.39 is 0 Å². The maximum Gasteiger partial charge on any atom is 0.0120 e. The van der Waals surface area contributed by atoms with Crippen LogP contribution in [0.4, 0.5) is 0 Å². The standard InChI is InChI=1S/C14H27N3/c1-3-16-6-4-14(5-7-16)17-10-12-8-15(2)9-13(12)11-17/h12-14H,3-11H2,1-2H3. The molecule has 0 bridgehead atoms. The van der Waals surface area contributed by atoms with E-state index in [4.69, 9.17) is 0 Å². The summed E-state index contributed by atoms with van der Waals surface area (Å²) in [4.78, 5) is 7.93. The third-order valence-corrected chi connectivity index (χ3v) is 5.22. The molecule has 3 heterocycles. The molecule has 17 heavy (non-hydrogen) atoms. The summed E-state index contributed by atoms with van der Waals surface area (Å²) in [5.74, 6) is 1.95. The Balaban J connectivity index is 1.51. The van der Waals surface area contributed by atoms with Gasteiger partial charge in [0, 0.05) is 32.2 Å². The maximum atomic E-state index is 2.81. The quantitative estimate of drug-likeness (QED) is 0.708. The van der Waals surface area contributed by atoms with Gasteiger partial charge in [0.25, 0.3) is 0 Å². The molecule has 0 aromatic heterocycles. The number of likely N-dealkylation sites (tertiary alicyclic amines) is 3. The lowest BCUT2D eigenvalue weighted by atomic mass is 10.0. The van der Waals surface area contributed by atoms with Crippen molar-refractivity contribution in [2.24, 2.45) is 11.8 Å². The number of rotatable bonds is 2. The van der Waals surface area contributed by atoms with Crippen molar-refractivity contribution < 1.29 is 0 Å². The Kier molecular flexibility index (Phi) is 3.42. The molecule has 0 N–H and O–H groups in total. The van der Waals surface area contributed by atoms with E-state index in [2.05, 4.69) is 28.7 Å². The Morgan fingerprint density at radius 3 is 2.06 bits per heavy atom. The van der Waals surface area contributed by atoms with Gasteiger partial charge in [0.2, 0.25) is 0 Å². The molecule has 2 unspecified atom stereocenters. The molecule has 2 atom stereocenters. The molecule has 3 saturated heterocycles. The van der Waals surface area contributed by atoms with E-state index in [0.717, 1.165) is 17.9 Å². The molecule has 0 aromatic carbocycles. The maximum absolute atomic E-state index is 2.81. The second kappa shape index (κ2) is 4.87. The van der Waals surface area contributed by atoms with E-state index in [1.54, 1.807) is 0 Å². The van der Waals surface area contributed by atoms with Gasteiger partial charge in [-0.3, -0.25) is 4.90 Å². The second-order valence-corrected chi connectivity index (χ2v) is 6.36. The van der Waals surface area contributed by atoms with E-state index in [9.17, 15) is 0 Å². The van der Waals surface area contributed by atoms with E-state index in [-0.39, 0.29) is 0 Å². The number of hydrogen-bond acceptors (Lipinski definition) is 3. The molecule has 0 saturated carbocycles. The molecule has 3 nitrogen and oxygen atoms in total. The zero-order chi connectivity index (χ0) is 11.8. The van der Waals surface area contributed by atoms with Gasteiger partial charge in [-0.1, -0.05) is 6.92 Å². The smallest absolute Gasteiger partial charge is 0.0120 e. The fourth-order valence-electron chi connectivity index (χ4n) is 4.16. The Bertz CT molecular complexity index is 246. The van der Waals surface area contributed by atoms with Gasteiger partial charge < -0.3 is 9.80 Å². The first kappa shape index (κ1) is 11.9. The fourth-order valence-corrected chi connectivity index (χ4v) is 4.16. The largest absolute Gasteiger partial charge is 0.306 e. The van der Waals surface area contributed by atoms with Crippen molar-refractivity contribution in [3.8, 4) is 0 Å². The van der Waals surface area contributed by atoms with Crippen LogP contribution in [0.1, 0.15) is 19.8 Å². The van der Waals surface area contributed by atoms with E-state index in [1.807, 2.05) is 0 Å². The molecule has 0 radical (unpaired) electrons. The lowest BCUT2D eigenvalue weighted by molar-refractivity contribution is 0.121. The molecule has 0 amide bonds. The summed E-state index contributed by atoms with van der Waals surface area (Å²) in [6.07, 6.45) is 2.81. The summed E-state index contributed by atoms with van der Waals surface area (Å²) in [6, 6.07) is 0.897. The minimum atomic E-state index is 0.897. The molecule has 98 valence electrons. The van der Waals surface area contributed by atoms with Crippen molar-refractivity contribution in [3.05, 3.63) is 0 Å². The third kappa shape index (κ3) is 2.38. The van der Waals surface area contributed by atoms with Crippen molar-refractivity contribution >= 4 is 0 Å². The zero-order valence-electron chi connectivity index (χ0n) is 11.4. The third-order valence-electron chi connectivity index (χ3n) is 5.22. The first-order valence-electron chi connectivity index (χ1n) is 7.41. The van der Waals surface area contributed by atoms with Crippen LogP contribution in [0.3, 0.4) is 0 Å². The van der Waals surface area contributed by atoms with E-state index in [0.29, 0.717) is 0 Å². The van der Waals surface area contributed by atoms with Crippen LogP contribution in [0, 0.1) is 11.8 Å². The lowest BCUT2D eigenvalue weighted by Crippen LogP contribution is -2.44. The van der Waals surface area contributed by atoms with Crippen LogP contribution in [-0.2, 0) is 0 Å². The summed E-state index contributed by atoms with van der Waals surface area (Å²) in [7, 11) is 2.28. The van der Waals surface area contributed by atoms with Crippen LogP contribution in [0.15, 0.2) is 0 Å². The van der Waals surface area contributed by atoms with Gasteiger partial charge in [0.15, 0.2) is 0 Å². The van der Waals surface area contributed by atoms with Gasteiger partial charge in [-0.2, -0.15) is 0 Å². The number of nitrogens with zero attached hydrogens (tertiary/aromatic N) is 3. The molecular weight excluding hydrogens is 210 g/mol. The van der Waals surface area contributed by atoms with Crippen LogP contribution < -0.4 is 0 Å². The van der Waals surface area contributed by atoms with Gasteiger partial charge in [0.1, 0.15) is 0 Å². The van der Waals surface area contributed by atoms with Crippen LogP contribution in [0.2, 0.25) is 0 Å². The highest BCUT2D eigenvalue weighted by atomic mass is 15.3. The van der Waals surface area contributed by atoms with Gasteiger partial charge in [-0.15, -0.1) is 0 Å². The monoisotopic (exact) mass is 237 g/mol. The van der Waals surface area contributed by atoms with Crippen molar-refractivity contribution in [1.82, 2.24) is 14.7 Å². The minimum absolute atomic E-state index is 0.897. The van der Waals surface area contributed by atoms with Gasteiger partial charge in [-0.25, -0.2) is 0 Å². The predicted octanol–water partition coefficient (Wildman–Crippen LogP) is 0.964. The summed E-state index contributed by atoms with van der Waals surface area (Å²) in [6.45, 7) is 11.6. The predicted molar refractivity (Wildman–Crippen MR) is 71.2 cm³/mol. The topological polar surface area (TPSA) is 9.72 Å². The molecule has 0 aliphatic carbocycles. The molecule has 3 heteroatoms. The van der Waals surface area contributed by atoms with Crippen molar-refractivity contribution in [3.63, 3.8) is 0 Å². The van der Waals surface area contributed by atoms with Crippen molar-refractivity contribution in [2.75, 3.05) is 52.9 Å². The number of piperidine rings is 1. The Hall–Kier alpha value is -0.120. The average Bonchev–Trinajstić information content (AvgIpc) is 2.86. The zero-order valence-corrected chi connectivity index (χ0v) is 11.4. The lowest BCUT2D eigenvalue weighted by Gasteiger charge is -2.36. The highest BCUT2D eigenvalue weighted by Crippen LogP contribution is 2.33.